The third-order valence-electron chi connectivity index (χ3n) is 5.61. The second-order valence-corrected chi connectivity index (χ2v) is 8.07. The lowest BCUT2D eigenvalue weighted by Gasteiger charge is -2.22. The number of para-hydroxylation sites is 1. The van der Waals surface area contributed by atoms with Gasteiger partial charge < -0.3 is 19.8 Å². The average Bonchev–Trinajstić information content (AvgIpc) is 3.14. The van der Waals surface area contributed by atoms with Gasteiger partial charge in [-0.1, -0.05) is 55.3 Å². The molecule has 0 aliphatic carbocycles. The molecular weight excluding hydrogens is 406 g/mol. The van der Waals surface area contributed by atoms with Gasteiger partial charge in [-0.25, -0.2) is 0 Å². The number of unbranched alkanes of at least 4 members (excludes halogenated alkanes) is 3. The van der Waals surface area contributed by atoms with Crippen molar-refractivity contribution in [1.29, 1.82) is 0 Å². The zero-order valence-electron chi connectivity index (χ0n) is 18.2. The number of aliphatic hydroxyl groups is 1. The standard InChI is InChI=1S/C26H31NO5/c28-24(20-9-8-12-23(19-20)32-22-10-4-3-5-11-22)16-14-21-15-17-25(29)27(21)18-7-2-1-6-13-26(30)31/h3-5,8-12,14,16,19,21,24,28H,1-2,6-7,13,15,17-18H2,(H,30,31)/t21-,24?/m0/s1. The molecule has 6 heteroatoms. The largest absolute Gasteiger partial charge is 0.481 e. The summed E-state index contributed by atoms with van der Waals surface area (Å²) >= 11 is 0. The van der Waals surface area contributed by atoms with E-state index in [1.54, 1.807) is 6.08 Å². The minimum absolute atomic E-state index is 0.0140. The third-order valence-corrected chi connectivity index (χ3v) is 5.61. The van der Waals surface area contributed by atoms with Crippen LogP contribution < -0.4 is 4.74 Å². The van der Waals surface area contributed by atoms with E-state index in [0.29, 0.717) is 25.1 Å². The summed E-state index contributed by atoms with van der Waals surface area (Å²) in [6.07, 6.45) is 7.63. The molecule has 32 heavy (non-hydrogen) atoms. The van der Waals surface area contributed by atoms with Crippen molar-refractivity contribution >= 4 is 11.9 Å². The first-order valence-electron chi connectivity index (χ1n) is 11.2. The Morgan fingerprint density at radius 1 is 1.06 bits per heavy atom. The van der Waals surface area contributed by atoms with Gasteiger partial charge in [-0.15, -0.1) is 0 Å². The predicted molar refractivity (Wildman–Crippen MR) is 123 cm³/mol. The van der Waals surface area contributed by atoms with Gasteiger partial charge in [0.15, 0.2) is 0 Å². The summed E-state index contributed by atoms with van der Waals surface area (Å²) in [5.41, 5.74) is 0.726. The maximum atomic E-state index is 12.3. The highest BCUT2D eigenvalue weighted by atomic mass is 16.5. The molecule has 0 saturated carbocycles. The van der Waals surface area contributed by atoms with Crippen LogP contribution in [-0.4, -0.2) is 39.6 Å². The van der Waals surface area contributed by atoms with E-state index in [4.69, 9.17) is 9.84 Å². The Balaban J connectivity index is 1.52. The predicted octanol–water partition coefficient (Wildman–Crippen LogP) is 5.09. The number of carbonyl (C=O) groups is 2. The number of rotatable bonds is 12. The number of carboxylic acid groups (broad SMARTS) is 1. The molecule has 2 atom stereocenters. The van der Waals surface area contributed by atoms with Crippen LogP contribution in [0, 0.1) is 0 Å². The van der Waals surface area contributed by atoms with Gasteiger partial charge in [-0.2, -0.15) is 0 Å². The zero-order valence-corrected chi connectivity index (χ0v) is 18.2. The monoisotopic (exact) mass is 437 g/mol. The second-order valence-electron chi connectivity index (χ2n) is 8.07. The Kier molecular flexibility index (Phi) is 8.87. The lowest BCUT2D eigenvalue weighted by Crippen LogP contribution is -2.32. The number of carbonyl (C=O) groups excluding carboxylic acids is 1. The quantitative estimate of drug-likeness (QED) is 0.357. The number of likely N-dealkylation sites (tertiary alicyclic amines) is 1. The minimum atomic E-state index is -0.789. The summed E-state index contributed by atoms with van der Waals surface area (Å²) in [4.78, 5) is 24.7. The zero-order chi connectivity index (χ0) is 22.8. The number of hydrogen-bond acceptors (Lipinski definition) is 4. The van der Waals surface area contributed by atoms with E-state index in [2.05, 4.69) is 0 Å². The fraction of sp³-hybridized carbons (Fsp3) is 0.385. The van der Waals surface area contributed by atoms with E-state index in [1.807, 2.05) is 65.6 Å². The number of aliphatic hydroxyl groups excluding tert-OH is 1. The number of benzene rings is 2. The Morgan fingerprint density at radius 2 is 1.81 bits per heavy atom. The molecule has 1 fully saturated rings. The smallest absolute Gasteiger partial charge is 0.303 e. The average molecular weight is 438 g/mol. The molecule has 0 spiro atoms. The van der Waals surface area contributed by atoms with E-state index in [0.717, 1.165) is 37.0 Å². The van der Waals surface area contributed by atoms with Gasteiger partial charge in [0, 0.05) is 19.4 Å². The summed E-state index contributed by atoms with van der Waals surface area (Å²) in [6, 6.07) is 16.8. The highest BCUT2D eigenvalue weighted by Crippen LogP contribution is 2.26. The first-order valence-corrected chi connectivity index (χ1v) is 11.2. The topological polar surface area (TPSA) is 87.1 Å². The SMILES string of the molecule is O=C(O)CCCCCCN1C(=O)CC[C@@H]1C=CC(O)c1cccc(Oc2ccccc2)c1. The van der Waals surface area contributed by atoms with E-state index >= 15 is 0 Å². The minimum Gasteiger partial charge on any atom is -0.481 e. The van der Waals surface area contributed by atoms with E-state index in [9.17, 15) is 14.7 Å². The van der Waals surface area contributed by atoms with Gasteiger partial charge in [0.2, 0.25) is 5.91 Å². The molecule has 6 nitrogen and oxygen atoms in total. The molecular formula is C26H31NO5. The molecule has 2 aromatic rings. The summed E-state index contributed by atoms with van der Waals surface area (Å²) in [5, 5.41) is 19.3. The van der Waals surface area contributed by atoms with Gasteiger partial charge in [-0.05, 0) is 49.1 Å². The van der Waals surface area contributed by atoms with Crippen molar-refractivity contribution in [2.75, 3.05) is 6.54 Å². The molecule has 3 rings (SSSR count). The fourth-order valence-electron chi connectivity index (χ4n) is 3.89. The molecule has 1 aliphatic heterocycles. The Hall–Kier alpha value is -3.12. The molecule has 0 aromatic heterocycles. The lowest BCUT2D eigenvalue weighted by molar-refractivity contribution is -0.137. The van der Waals surface area contributed by atoms with E-state index in [-0.39, 0.29) is 18.4 Å². The fourth-order valence-corrected chi connectivity index (χ4v) is 3.89. The number of nitrogens with zero attached hydrogens (tertiary/aromatic N) is 1. The van der Waals surface area contributed by atoms with Crippen molar-refractivity contribution in [3.05, 3.63) is 72.3 Å². The highest BCUT2D eigenvalue weighted by molar-refractivity contribution is 5.79. The van der Waals surface area contributed by atoms with Gasteiger partial charge in [0.25, 0.3) is 0 Å². The third kappa shape index (κ3) is 7.24. The number of aliphatic carboxylic acids is 1. The molecule has 170 valence electrons. The van der Waals surface area contributed by atoms with Gasteiger partial charge in [0.05, 0.1) is 12.1 Å². The number of carboxylic acids is 1. The van der Waals surface area contributed by atoms with Crippen molar-refractivity contribution in [3.8, 4) is 11.5 Å². The van der Waals surface area contributed by atoms with Crippen molar-refractivity contribution in [1.82, 2.24) is 4.90 Å². The Bertz CT molecular complexity index is 911. The van der Waals surface area contributed by atoms with Crippen LogP contribution in [-0.2, 0) is 9.59 Å². The van der Waals surface area contributed by atoms with Crippen LogP contribution in [0.3, 0.4) is 0 Å². The second kappa shape index (κ2) is 12.1. The van der Waals surface area contributed by atoms with Gasteiger partial charge in [0.1, 0.15) is 11.5 Å². The van der Waals surface area contributed by atoms with Gasteiger partial charge >= 0.3 is 5.97 Å². The summed E-state index contributed by atoms with van der Waals surface area (Å²) < 4.78 is 5.84. The van der Waals surface area contributed by atoms with Crippen LogP contribution in [0.25, 0.3) is 0 Å². The first kappa shape index (κ1) is 23.5. The Labute approximate surface area is 189 Å². The molecule has 2 aromatic carbocycles. The van der Waals surface area contributed by atoms with Crippen LogP contribution in [0.1, 0.15) is 56.6 Å². The maximum Gasteiger partial charge on any atom is 0.303 e. The van der Waals surface area contributed by atoms with Gasteiger partial charge in [-0.3, -0.25) is 9.59 Å². The molecule has 1 heterocycles. The normalized spacial score (nSPS) is 17.1. The molecule has 1 amide bonds. The van der Waals surface area contributed by atoms with Crippen LogP contribution in [0.15, 0.2) is 66.7 Å². The highest BCUT2D eigenvalue weighted by Gasteiger charge is 2.28. The first-order chi connectivity index (χ1) is 15.5. The maximum absolute atomic E-state index is 12.3. The van der Waals surface area contributed by atoms with Crippen LogP contribution in [0.2, 0.25) is 0 Å². The van der Waals surface area contributed by atoms with Crippen molar-refractivity contribution in [2.45, 2.75) is 57.1 Å². The van der Waals surface area contributed by atoms with Crippen molar-refractivity contribution in [2.24, 2.45) is 0 Å². The lowest BCUT2D eigenvalue weighted by atomic mass is 10.1. The number of ether oxygens (including phenoxy) is 1. The van der Waals surface area contributed by atoms with Crippen molar-refractivity contribution < 1.29 is 24.5 Å². The van der Waals surface area contributed by atoms with Crippen molar-refractivity contribution in [3.63, 3.8) is 0 Å². The van der Waals surface area contributed by atoms with E-state index < -0.39 is 12.1 Å². The van der Waals surface area contributed by atoms with E-state index in [1.165, 1.54) is 0 Å². The number of hydrogen-bond donors (Lipinski definition) is 2. The number of amides is 1. The molecule has 1 saturated heterocycles. The van der Waals surface area contributed by atoms with Crippen LogP contribution in [0.4, 0.5) is 0 Å². The van der Waals surface area contributed by atoms with Crippen LogP contribution in [0.5, 0.6) is 11.5 Å². The molecule has 0 radical (unpaired) electrons. The molecule has 0 bridgehead atoms. The summed E-state index contributed by atoms with van der Waals surface area (Å²) in [6.45, 7) is 0.664. The molecule has 1 unspecified atom stereocenters. The van der Waals surface area contributed by atoms with Crippen LogP contribution >= 0.6 is 0 Å². The summed E-state index contributed by atoms with van der Waals surface area (Å²) in [7, 11) is 0. The molecule has 1 aliphatic rings. The molecule has 2 N–H and O–H groups in total. The summed E-state index contributed by atoms with van der Waals surface area (Å²) in [5.74, 6) is 0.762. The Morgan fingerprint density at radius 3 is 2.59 bits per heavy atom.